The van der Waals surface area contributed by atoms with Crippen LogP contribution in [0.5, 0.6) is 0 Å². The molecule has 0 aliphatic heterocycles. The van der Waals surface area contributed by atoms with Gasteiger partial charge in [0.2, 0.25) is 0 Å². The van der Waals surface area contributed by atoms with E-state index in [0.717, 1.165) is 0 Å². The average molecular weight is 95.0 g/mol. The third-order valence-electron chi connectivity index (χ3n) is 0. The van der Waals surface area contributed by atoms with Crippen molar-refractivity contribution < 1.29 is 15.4 Å². The fraction of sp³-hybridized carbons (Fsp3) is 0. The first kappa shape index (κ1) is 8.97. The molecule has 0 rings (SSSR count). The molecule has 0 fully saturated rings. The van der Waals surface area contributed by atoms with Gasteiger partial charge in [-0.15, -0.1) is 0 Å². The Labute approximate surface area is 34.5 Å². The van der Waals surface area contributed by atoms with E-state index < -0.39 is 0 Å². The van der Waals surface area contributed by atoms with E-state index >= 15 is 0 Å². The second-order valence-electron chi connectivity index (χ2n) is 0. The minimum atomic E-state index is 2.44. The van der Waals surface area contributed by atoms with E-state index in [0.29, 0.717) is 0 Å². The summed E-state index contributed by atoms with van der Waals surface area (Å²) < 4.78 is 0. The molecule has 0 aromatic rings. The minimum absolute atomic E-state index is 2.44. The van der Waals surface area contributed by atoms with Crippen LogP contribution in [0, 0.1) is 11.8 Å². The molecular weight excluding hydrogens is 91.0 g/mol. The van der Waals surface area contributed by atoms with Crippen LogP contribution in [0.25, 0.3) is 0 Å². The molecule has 4 heavy (non-hydrogen) atoms. The molecule has 0 spiro atoms. The van der Waals surface area contributed by atoms with E-state index in [1.165, 1.54) is 0 Å². The molecule has 1 heteroatoms. The maximum atomic E-state index is 4.31. The zero-order valence-electron chi connectivity index (χ0n) is 2.24. The third-order valence-corrected chi connectivity index (χ3v) is 0. The zero-order valence-corrected chi connectivity index (χ0v) is 3.42. The molecular formula is C3H4Mn-. The summed E-state index contributed by atoms with van der Waals surface area (Å²) in [6.45, 7) is 7.00. The van der Waals surface area contributed by atoms with Crippen LogP contribution < -0.4 is 0 Å². The van der Waals surface area contributed by atoms with Crippen molar-refractivity contribution in [2.75, 3.05) is 0 Å². The topological polar surface area (TPSA) is 0 Å². The molecule has 0 heterocycles. The van der Waals surface area contributed by atoms with Gasteiger partial charge < -0.3 is 6.58 Å². The molecule has 0 saturated heterocycles. The summed E-state index contributed by atoms with van der Waals surface area (Å²) in [7, 11) is 0. The van der Waals surface area contributed by atoms with Crippen LogP contribution in [0.3, 0.4) is 0 Å². The van der Waals surface area contributed by atoms with E-state index in [-0.39, 0.29) is 0 Å². The number of hydrogen-bond acceptors (Lipinski definition) is 0. The monoisotopic (exact) mass is 95.0 g/mol. The summed E-state index contributed by atoms with van der Waals surface area (Å²) in [5.74, 6) is 0. The van der Waals surface area contributed by atoms with Gasteiger partial charge in [0.25, 0.3) is 0 Å². The predicted octanol–water partition coefficient (Wildman–Crippen LogP) is 0.728. The standard InChI is InChI=1S/C2H3.CH.Mn/c1-2;;/h1H,2H2;1H;/q-1;;. The summed E-state index contributed by atoms with van der Waals surface area (Å²) in [5.41, 5.74) is 0. The van der Waals surface area contributed by atoms with Crippen molar-refractivity contribution in [1.29, 1.82) is 0 Å². The van der Waals surface area contributed by atoms with Gasteiger partial charge in [0, 0.05) is 0 Å². The molecule has 0 aromatic heterocycles. The van der Waals surface area contributed by atoms with Crippen molar-refractivity contribution in [2.45, 2.75) is 0 Å². The van der Waals surface area contributed by atoms with Crippen molar-refractivity contribution in [1.82, 2.24) is 0 Å². The molecule has 0 nitrogen and oxygen atoms in total. The van der Waals surface area contributed by atoms with Gasteiger partial charge in [-0.05, 0) is 0 Å². The van der Waals surface area contributed by atoms with Crippen LogP contribution in [-0.2, 0) is 15.4 Å². The van der Waals surface area contributed by atoms with Gasteiger partial charge in [0.05, 0.1) is 0 Å². The van der Waals surface area contributed by atoms with Crippen LogP contribution in [-0.4, -0.2) is 0 Å². The third kappa shape index (κ3) is 1410. The van der Waals surface area contributed by atoms with Crippen molar-refractivity contribution >= 4 is 0 Å². The molecule has 0 aliphatic carbocycles. The Morgan fingerprint density at radius 3 is 1.50 bits per heavy atom. The van der Waals surface area contributed by atoms with Gasteiger partial charge in [-0.1, -0.05) is 0 Å². The van der Waals surface area contributed by atoms with Crippen LogP contribution in [0.15, 0.2) is 6.58 Å². The van der Waals surface area contributed by atoms with Crippen molar-refractivity contribution in [3.8, 4) is 5.23 Å². The van der Waals surface area contributed by atoms with Gasteiger partial charge in [0.15, 0.2) is 0 Å². The molecule has 0 aromatic carbocycles. The SMILES string of the molecule is [CH-]=C.[CH]#[Mn]. The Morgan fingerprint density at radius 1 is 1.50 bits per heavy atom. The van der Waals surface area contributed by atoms with Crippen LogP contribution in [0.4, 0.5) is 0 Å². The average Bonchev–Trinajstić information content (AvgIpc) is 1.50. The molecule has 0 radical (unpaired) electrons. The summed E-state index contributed by atoms with van der Waals surface area (Å²) in [4.78, 5) is 0. The molecule has 0 bridgehead atoms. The van der Waals surface area contributed by atoms with Gasteiger partial charge in [-0.2, -0.15) is 0 Å². The second-order valence-corrected chi connectivity index (χ2v) is 0. The second kappa shape index (κ2) is 8110. The summed E-state index contributed by atoms with van der Waals surface area (Å²) in [5, 5.41) is 4.31. The van der Waals surface area contributed by atoms with Crippen molar-refractivity contribution in [2.24, 2.45) is 0 Å². The van der Waals surface area contributed by atoms with Gasteiger partial charge in [0.1, 0.15) is 0 Å². The Hall–Kier alpha value is 0.0395. The van der Waals surface area contributed by atoms with Crippen LogP contribution in [0.2, 0.25) is 0 Å². The predicted molar refractivity (Wildman–Crippen MR) is 14.9 cm³/mol. The Balaban J connectivity index is 0. The Bertz CT molecular complexity index is 14.5. The first-order valence-electron chi connectivity index (χ1n) is 0.626. The first-order valence-corrected chi connectivity index (χ1v) is 1.31. The fourth-order valence-electron chi connectivity index (χ4n) is 0. The van der Waals surface area contributed by atoms with E-state index in [9.17, 15) is 0 Å². The van der Waals surface area contributed by atoms with E-state index in [4.69, 9.17) is 0 Å². The molecule has 0 atom stereocenters. The molecule has 0 saturated carbocycles. The molecule has 24 valence electrons. The summed E-state index contributed by atoms with van der Waals surface area (Å²) in [6.07, 6.45) is 0. The van der Waals surface area contributed by atoms with Gasteiger partial charge >= 0.3 is 20.6 Å². The van der Waals surface area contributed by atoms with Gasteiger partial charge in [-0.25, -0.2) is 0 Å². The van der Waals surface area contributed by atoms with Gasteiger partial charge in [-0.3, -0.25) is 6.58 Å². The molecule has 0 N–H and O–H groups in total. The molecule has 0 unspecified atom stereocenters. The maximum absolute atomic E-state index is 4.31. The first-order chi connectivity index (χ1) is 2.00. The van der Waals surface area contributed by atoms with Crippen molar-refractivity contribution in [3.63, 3.8) is 0 Å². The van der Waals surface area contributed by atoms with Crippen LogP contribution in [0.1, 0.15) is 0 Å². The molecule has 0 amide bonds. The van der Waals surface area contributed by atoms with E-state index in [2.05, 4.69) is 33.8 Å². The summed E-state index contributed by atoms with van der Waals surface area (Å²) in [6, 6.07) is 0. The normalized spacial score (nSPS) is 1.75. The van der Waals surface area contributed by atoms with E-state index in [1.54, 1.807) is 0 Å². The van der Waals surface area contributed by atoms with Crippen LogP contribution >= 0.6 is 0 Å². The molecule has 0 aliphatic rings. The number of rotatable bonds is 0. The Kier molecular flexibility index (Phi) is 18200. The van der Waals surface area contributed by atoms with E-state index in [1.807, 2.05) is 0 Å². The summed E-state index contributed by atoms with van der Waals surface area (Å²) >= 11 is 2.44. The Morgan fingerprint density at radius 2 is 1.50 bits per heavy atom. The quantitative estimate of drug-likeness (QED) is 0.307. The number of hydrogen-bond donors (Lipinski definition) is 0. The fourth-order valence-corrected chi connectivity index (χ4v) is 0. The zero-order chi connectivity index (χ0) is 4.00. The van der Waals surface area contributed by atoms with Crippen molar-refractivity contribution in [3.05, 3.63) is 13.2 Å².